The van der Waals surface area contributed by atoms with Crippen LogP contribution in [-0.4, -0.2) is 29.5 Å². The summed E-state index contributed by atoms with van der Waals surface area (Å²) in [4.78, 5) is 12.5. The molecule has 1 unspecified atom stereocenters. The Morgan fingerprint density at radius 3 is 2.88 bits per heavy atom. The predicted molar refractivity (Wildman–Crippen MR) is 69.2 cm³/mol. The highest BCUT2D eigenvalue weighted by Gasteiger charge is 2.12. The molecule has 0 aromatic heterocycles. The molecule has 0 aliphatic heterocycles. The zero-order valence-corrected chi connectivity index (χ0v) is 10.8. The number of thioether (sulfide) groups is 1. The highest BCUT2D eigenvalue weighted by molar-refractivity contribution is 8.00. The molecule has 0 saturated carbocycles. The second-order valence-corrected chi connectivity index (χ2v) is 5.09. The SMILES string of the molecule is CCOC(=O)c1cc(SC(C)CO)ccc1N. The summed E-state index contributed by atoms with van der Waals surface area (Å²) < 4.78 is 4.92. The van der Waals surface area contributed by atoms with E-state index < -0.39 is 5.97 Å². The van der Waals surface area contributed by atoms with Gasteiger partial charge in [0.2, 0.25) is 0 Å². The average Bonchev–Trinajstić information content (AvgIpc) is 2.31. The van der Waals surface area contributed by atoms with Crippen molar-refractivity contribution in [1.29, 1.82) is 0 Å². The molecule has 5 heteroatoms. The van der Waals surface area contributed by atoms with Gasteiger partial charge in [-0.25, -0.2) is 4.79 Å². The summed E-state index contributed by atoms with van der Waals surface area (Å²) in [5.41, 5.74) is 6.51. The molecule has 3 N–H and O–H groups in total. The lowest BCUT2D eigenvalue weighted by Gasteiger charge is -2.10. The summed E-state index contributed by atoms with van der Waals surface area (Å²) in [6.07, 6.45) is 0. The summed E-state index contributed by atoms with van der Waals surface area (Å²) in [5.74, 6) is -0.413. The van der Waals surface area contributed by atoms with Gasteiger partial charge in [-0.15, -0.1) is 11.8 Å². The lowest BCUT2D eigenvalue weighted by molar-refractivity contribution is 0.0527. The second-order valence-electron chi connectivity index (χ2n) is 3.58. The number of nitrogens with two attached hydrogens (primary N) is 1. The minimum atomic E-state index is -0.413. The Morgan fingerprint density at radius 2 is 2.29 bits per heavy atom. The van der Waals surface area contributed by atoms with Crippen LogP contribution >= 0.6 is 11.8 Å². The standard InChI is InChI=1S/C12H17NO3S/c1-3-16-12(15)10-6-9(4-5-11(10)13)17-8(2)7-14/h4-6,8,14H,3,7,13H2,1-2H3. The van der Waals surface area contributed by atoms with Gasteiger partial charge in [-0.3, -0.25) is 0 Å². The molecule has 1 atom stereocenters. The molecule has 0 aliphatic rings. The zero-order chi connectivity index (χ0) is 12.8. The molecule has 0 spiro atoms. The van der Waals surface area contributed by atoms with Crippen LogP contribution in [0.4, 0.5) is 5.69 Å². The third-order valence-electron chi connectivity index (χ3n) is 2.11. The third-order valence-corrected chi connectivity index (χ3v) is 3.19. The van der Waals surface area contributed by atoms with Gasteiger partial charge in [0.25, 0.3) is 0 Å². The van der Waals surface area contributed by atoms with Crippen molar-refractivity contribution in [3.8, 4) is 0 Å². The second kappa shape index (κ2) is 6.51. The maximum Gasteiger partial charge on any atom is 0.340 e. The molecule has 17 heavy (non-hydrogen) atoms. The molecule has 1 rings (SSSR count). The normalized spacial score (nSPS) is 12.2. The molecular formula is C12H17NO3S. The fourth-order valence-electron chi connectivity index (χ4n) is 1.26. The summed E-state index contributed by atoms with van der Waals surface area (Å²) in [6, 6.07) is 5.21. The minimum absolute atomic E-state index is 0.0775. The van der Waals surface area contributed by atoms with E-state index in [9.17, 15) is 4.79 Å². The molecular weight excluding hydrogens is 238 g/mol. The molecule has 0 amide bonds. The molecule has 1 aromatic rings. The average molecular weight is 255 g/mol. The van der Waals surface area contributed by atoms with Crippen molar-refractivity contribution in [2.45, 2.75) is 24.0 Å². The van der Waals surface area contributed by atoms with Crippen molar-refractivity contribution in [2.75, 3.05) is 18.9 Å². The first-order chi connectivity index (χ1) is 8.08. The maximum absolute atomic E-state index is 11.6. The highest BCUT2D eigenvalue weighted by Crippen LogP contribution is 2.26. The molecule has 0 radical (unpaired) electrons. The minimum Gasteiger partial charge on any atom is -0.462 e. The van der Waals surface area contributed by atoms with Crippen molar-refractivity contribution in [3.05, 3.63) is 23.8 Å². The van der Waals surface area contributed by atoms with Crippen LogP contribution in [-0.2, 0) is 4.74 Å². The third kappa shape index (κ3) is 3.94. The lowest BCUT2D eigenvalue weighted by atomic mass is 10.2. The summed E-state index contributed by atoms with van der Waals surface area (Å²) in [7, 11) is 0. The number of benzene rings is 1. The number of carbonyl (C=O) groups is 1. The molecule has 0 fully saturated rings. The Kier molecular flexibility index (Phi) is 5.31. The number of aliphatic hydroxyl groups is 1. The number of carbonyl (C=O) groups excluding carboxylic acids is 1. The smallest absolute Gasteiger partial charge is 0.340 e. The van der Waals surface area contributed by atoms with Gasteiger partial charge in [0.05, 0.1) is 18.8 Å². The lowest BCUT2D eigenvalue weighted by Crippen LogP contribution is -2.08. The van der Waals surface area contributed by atoms with E-state index >= 15 is 0 Å². The number of rotatable bonds is 5. The molecule has 0 bridgehead atoms. The summed E-state index contributed by atoms with van der Waals surface area (Å²) in [5, 5.41) is 9.05. The Labute approximate surface area is 105 Å². The number of hydrogen-bond donors (Lipinski definition) is 2. The monoisotopic (exact) mass is 255 g/mol. The van der Waals surface area contributed by atoms with Crippen LogP contribution in [0.1, 0.15) is 24.2 Å². The molecule has 1 aromatic carbocycles. The fourth-order valence-corrected chi connectivity index (χ4v) is 2.14. The van der Waals surface area contributed by atoms with E-state index in [0.717, 1.165) is 4.90 Å². The van der Waals surface area contributed by atoms with E-state index in [-0.39, 0.29) is 11.9 Å². The number of ether oxygens (including phenoxy) is 1. The van der Waals surface area contributed by atoms with Gasteiger partial charge in [-0.2, -0.15) is 0 Å². The van der Waals surface area contributed by atoms with Crippen LogP contribution in [0.25, 0.3) is 0 Å². The van der Waals surface area contributed by atoms with Crippen molar-refractivity contribution in [1.82, 2.24) is 0 Å². The quantitative estimate of drug-likeness (QED) is 0.478. The Balaban J connectivity index is 2.90. The van der Waals surface area contributed by atoms with Gasteiger partial charge in [0.1, 0.15) is 0 Å². The highest BCUT2D eigenvalue weighted by atomic mass is 32.2. The Bertz CT molecular complexity index is 395. The number of aliphatic hydroxyl groups excluding tert-OH is 1. The first-order valence-electron chi connectivity index (χ1n) is 5.42. The van der Waals surface area contributed by atoms with Crippen molar-refractivity contribution < 1.29 is 14.6 Å². The van der Waals surface area contributed by atoms with Gasteiger partial charge >= 0.3 is 5.97 Å². The summed E-state index contributed by atoms with van der Waals surface area (Å²) >= 11 is 1.49. The molecule has 0 aliphatic carbocycles. The first-order valence-corrected chi connectivity index (χ1v) is 6.30. The van der Waals surface area contributed by atoms with Crippen LogP contribution in [0.15, 0.2) is 23.1 Å². The van der Waals surface area contributed by atoms with E-state index in [2.05, 4.69) is 0 Å². The Morgan fingerprint density at radius 1 is 1.59 bits per heavy atom. The van der Waals surface area contributed by atoms with Crippen LogP contribution in [0.3, 0.4) is 0 Å². The fraction of sp³-hybridized carbons (Fsp3) is 0.417. The first kappa shape index (κ1) is 13.9. The maximum atomic E-state index is 11.6. The Hall–Kier alpha value is -1.20. The van der Waals surface area contributed by atoms with E-state index in [4.69, 9.17) is 15.6 Å². The van der Waals surface area contributed by atoms with Gasteiger partial charge in [0.15, 0.2) is 0 Å². The summed E-state index contributed by atoms with van der Waals surface area (Å²) in [6.45, 7) is 4.07. The van der Waals surface area contributed by atoms with Crippen LogP contribution in [0, 0.1) is 0 Å². The number of esters is 1. The predicted octanol–water partition coefficient (Wildman–Crippen LogP) is 1.92. The number of nitrogen functional groups attached to an aromatic ring is 1. The van der Waals surface area contributed by atoms with E-state index in [1.54, 1.807) is 19.1 Å². The van der Waals surface area contributed by atoms with Crippen molar-refractivity contribution in [3.63, 3.8) is 0 Å². The van der Waals surface area contributed by atoms with Crippen LogP contribution in [0.5, 0.6) is 0 Å². The molecule has 94 valence electrons. The van der Waals surface area contributed by atoms with E-state index in [0.29, 0.717) is 17.9 Å². The largest absolute Gasteiger partial charge is 0.462 e. The van der Waals surface area contributed by atoms with E-state index in [1.165, 1.54) is 11.8 Å². The topological polar surface area (TPSA) is 72.5 Å². The number of anilines is 1. The molecule has 0 saturated heterocycles. The number of hydrogen-bond acceptors (Lipinski definition) is 5. The van der Waals surface area contributed by atoms with Crippen LogP contribution < -0.4 is 5.73 Å². The van der Waals surface area contributed by atoms with Crippen molar-refractivity contribution >= 4 is 23.4 Å². The van der Waals surface area contributed by atoms with Gasteiger partial charge < -0.3 is 15.6 Å². The molecule has 0 heterocycles. The molecule has 4 nitrogen and oxygen atoms in total. The van der Waals surface area contributed by atoms with Crippen LogP contribution in [0.2, 0.25) is 0 Å². The van der Waals surface area contributed by atoms with Gasteiger partial charge in [0, 0.05) is 15.8 Å². The van der Waals surface area contributed by atoms with Gasteiger partial charge in [-0.1, -0.05) is 6.92 Å². The van der Waals surface area contributed by atoms with E-state index in [1.807, 2.05) is 13.0 Å². The van der Waals surface area contributed by atoms with Crippen molar-refractivity contribution in [2.24, 2.45) is 0 Å². The van der Waals surface area contributed by atoms with Gasteiger partial charge in [-0.05, 0) is 25.1 Å². The zero-order valence-electron chi connectivity index (χ0n) is 9.97.